The van der Waals surface area contributed by atoms with Crippen molar-refractivity contribution >= 4 is 17.5 Å². The average Bonchev–Trinajstić information content (AvgIpc) is 3.60. The first-order valence-electron chi connectivity index (χ1n) is 11.6. The van der Waals surface area contributed by atoms with Gasteiger partial charge in [-0.1, -0.05) is 60.7 Å². The number of hydrogen-bond acceptors (Lipinski definition) is 3. The number of carbonyl (C=O) groups excluding carboxylic acids is 1. The summed E-state index contributed by atoms with van der Waals surface area (Å²) >= 11 is 0. The third kappa shape index (κ3) is 2.82. The number of carbonyl (C=O) groups is 1. The highest BCUT2D eigenvalue weighted by Gasteiger charge is 2.33. The van der Waals surface area contributed by atoms with Gasteiger partial charge < -0.3 is 4.40 Å². The maximum atomic E-state index is 13.6. The first-order valence-corrected chi connectivity index (χ1v) is 11.6. The number of pyridine rings is 2. The second kappa shape index (κ2) is 7.35. The molecule has 4 heteroatoms. The van der Waals surface area contributed by atoms with E-state index in [0.717, 1.165) is 40.1 Å². The molecule has 4 nitrogen and oxygen atoms in total. The standard InChI is InChI=1S/C30H21N3O/c34-28(21-14-15-31-26-12-6-9-20(21)26)17-25-19-7-1-2-8-22(19)30-23(25)10-5-11-24(30)27-18-33-16-4-3-13-29(33)32-27/h1-11,13-16,18,25H,12,17H2. The Labute approximate surface area is 197 Å². The van der Waals surface area contributed by atoms with Crippen molar-refractivity contribution in [3.63, 3.8) is 0 Å². The molecule has 34 heavy (non-hydrogen) atoms. The Morgan fingerprint density at radius 1 is 0.941 bits per heavy atom. The third-order valence-corrected chi connectivity index (χ3v) is 7.08. The predicted molar refractivity (Wildman–Crippen MR) is 134 cm³/mol. The molecule has 0 radical (unpaired) electrons. The van der Waals surface area contributed by atoms with E-state index in [9.17, 15) is 4.79 Å². The van der Waals surface area contributed by atoms with E-state index in [2.05, 4.69) is 59.7 Å². The number of fused-ring (bicyclic) bond motifs is 5. The number of rotatable bonds is 4. The number of benzene rings is 2. The summed E-state index contributed by atoms with van der Waals surface area (Å²) < 4.78 is 2.05. The molecule has 0 bridgehead atoms. The van der Waals surface area contributed by atoms with Crippen LogP contribution in [0.25, 0.3) is 34.1 Å². The van der Waals surface area contributed by atoms with Crippen molar-refractivity contribution < 1.29 is 4.79 Å². The average molecular weight is 440 g/mol. The molecule has 1 atom stereocenters. The Hall–Kier alpha value is -4.31. The lowest BCUT2D eigenvalue weighted by molar-refractivity contribution is 0.0977. The van der Waals surface area contributed by atoms with E-state index in [1.165, 1.54) is 22.3 Å². The zero-order valence-electron chi connectivity index (χ0n) is 18.5. The highest BCUT2D eigenvalue weighted by molar-refractivity contribution is 6.02. The summed E-state index contributed by atoms with van der Waals surface area (Å²) in [5.41, 5.74) is 10.5. The van der Waals surface area contributed by atoms with E-state index < -0.39 is 0 Å². The molecule has 0 N–H and O–H groups in total. The summed E-state index contributed by atoms with van der Waals surface area (Å²) in [7, 11) is 0. The number of imidazole rings is 1. The smallest absolute Gasteiger partial charge is 0.164 e. The number of aromatic nitrogens is 3. The van der Waals surface area contributed by atoms with E-state index in [1.807, 2.05) is 40.9 Å². The molecule has 7 rings (SSSR count). The summed E-state index contributed by atoms with van der Waals surface area (Å²) in [5.74, 6) is 0.181. The van der Waals surface area contributed by atoms with Crippen LogP contribution >= 0.6 is 0 Å². The molecule has 3 heterocycles. The van der Waals surface area contributed by atoms with Crippen LogP contribution in [0.2, 0.25) is 0 Å². The molecular weight excluding hydrogens is 418 g/mol. The monoisotopic (exact) mass is 439 g/mol. The van der Waals surface area contributed by atoms with Gasteiger partial charge in [-0.2, -0.15) is 0 Å². The van der Waals surface area contributed by atoms with Gasteiger partial charge in [0.25, 0.3) is 0 Å². The fourth-order valence-electron chi connectivity index (χ4n) is 5.55. The number of ketones is 1. The van der Waals surface area contributed by atoms with Crippen LogP contribution in [0.15, 0.2) is 91.4 Å². The molecule has 0 amide bonds. The largest absolute Gasteiger partial charge is 0.306 e. The minimum absolute atomic E-state index is 0.0184. The maximum absolute atomic E-state index is 13.6. The number of hydrogen-bond donors (Lipinski definition) is 0. The number of Topliss-reactive ketones (excluding diaryl/α,β-unsaturated/α-hetero) is 1. The highest BCUT2D eigenvalue weighted by Crippen LogP contribution is 2.50. The van der Waals surface area contributed by atoms with Crippen LogP contribution in [-0.4, -0.2) is 20.2 Å². The molecule has 5 aromatic rings. The van der Waals surface area contributed by atoms with Crippen LogP contribution in [0.4, 0.5) is 0 Å². The van der Waals surface area contributed by atoms with Gasteiger partial charge in [0.05, 0.1) is 11.4 Å². The topological polar surface area (TPSA) is 47.3 Å². The normalized spacial score (nSPS) is 15.4. The van der Waals surface area contributed by atoms with E-state index in [1.54, 1.807) is 6.20 Å². The molecule has 3 aromatic heterocycles. The molecule has 162 valence electrons. The second-order valence-electron chi connectivity index (χ2n) is 8.95. The third-order valence-electron chi connectivity index (χ3n) is 7.08. The first kappa shape index (κ1) is 19.2. The Kier molecular flexibility index (Phi) is 4.15. The van der Waals surface area contributed by atoms with Crippen molar-refractivity contribution in [1.29, 1.82) is 0 Å². The summed E-state index contributed by atoms with van der Waals surface area (Å²) in [5, 5.41) is 0. The van der Waals surface area contributed by atoms with Gasteiger partial charge in [-0.3, -0.25) is 9.78 Å². The molecule has 0 saturated carbocycles. The van der Waals surface area contributed by atoms with Crippen LogP contribution in [0.3, 0.4) is 0 Å². The quantitative estimate of drug-likeness (QED) is 0.307. The Balaban J connectivity index is 1.35. The van der Waals surface area contributed by atoms with Gasteiger partial charge in [-0.05, 0) is 40.5 Å². The summed E-state index contributed by atoms with van der Waals surface area (Å²) in [4.78, 5) is 22.9. The van der Waals surface area contributed by atoms with Crippen LogP contribution in [0.5, 0.6) is 0 Å². The van der Waals surface area contributed by atoms with Crippen molar-refractivity contribution in [2.75, 3.05) is 0 Å². The molecule has 2 aliphatic carbocycles. The van der Waals surface area contributed by atoms with Crippen LogP contribution in [0.1, 0.15) is 45.1 Å². The van der Waals surface area contributed by atoms with E-state index in [4.69, 9.17) is 4.98 Å². The van der Waals surface area contributed by atoms with E-state index >= 15 is 0 Å². The molecule has 0 saturated heterocycles. The Morgan fingerprint density at radius 3 is 2.74 bits per heavy atom. The highest BCUT2D eigenvalue weighted by atomic mass is 16.1. The molecule has 0 spiro atoms. The second-order valence-corrected chi connectivity index (χ2v) is 8.95. The van der Waals surface area contributed by atoms with Gasteiger partial charge in [-0.15, -0.1) is 0 Å². The fraction of sp³-hybridized carbons (Fsp3) is 0.100. The maximum Gasteiger partial charge on any atom is 0.164 e. The molecule has 1 unspecified atom stereocenters. The first-order chi connectivity index (χ1) is 16.8. The van der Waals surface area contributed by atoms with Gasteiger partial charge in [0, 0.05) is 54.0 Å². The van der Waals surface area contributed by atoms with Crippen molar-refractivity contribution in [3.05, 3.63) is 119 Å². The van der Waals surface area contributed by atoms with Gasteiger partial charge in [-0.25, -0.2) is 4.98 Å². The van der Waals surface area contributed by atoms with E-state index in [-0.39, 0.29) is 11.7 Å². The molecule has 0 fully saturated rings. The zero-order valence-corrected chi connectivity index (χ0v) is 18.5. The lowest BCUT2D eigenvalue weighted by Crippen LogP contribution is -2.09. The van der Waals surface area contributed by atoms with Gasteiger partial charge in [0.1, 0.15) is 5.65 Å². The SMILES string of the molecule is O=C(CC1c2ccccc2-c2c(-c3cn4ccccc4n3)cccc21)c1ccnc2c1C=CC2. The Morgan fingerprint density at radius 2 is 1.79 bits per heavy atom. The van der Waals surface area contributed by atoms with Gasteiger partial charge in [0.2, 0.25) is 0 Å². The summed E-state index contributed by atoms with van der Waals surface area (Å²) in [6.07, 6.45) is 11.2. The molecule has 2 aliphatic rings. The Bertz CT molecular complexity index is 1610. The summed E-state index contributed by atoms with van der Waals surface area (Å²) in [6.45, 7) is 0. The van der Waals surface area contributed by atoms with Crippen molar-refractivity contribution in [2.45, 2.75) is 18.8 Å². The van der Waals surface area contributed by atoms with E-state index in [0.29, 0.717) is 6.42 Å². The van der Waals surface area contributed by atoms with Crippen molar-refractivity contribution in [3.8, 4) is 22.4 Å². The van der Waals surface area contributed by atoms with Crippen LogP contribution in [-0.2, 0) is 6.42 Å². The zero-order chi connectivity index (χ0) is 22.6. The lowest BCUT2D eigenvalue weighted by Gasteiger charge is -2.14. The van der Waals surface area contributed by atoms with Gasteiger partial charge >= 0.3 is 0 Å². The molecule has 2 aromatic carbocycles. The van der Waals surface area contributed by atoms with Crippen molar-refractivity contribution in [2.24, 2.45) is 0 Å². The molecule has 0 aliphatic heterocycles. The number of nitrogens with zero attached hydrogens (tertiary/aromatic N) is 3. The van der Waals surface area contributed by atoms with Gasteiger partial charge in [0.15, 0.2) is 5.78 Å². The molecular formula is C30H21N3O. The predicted octanol–water partition coefficient (Wildman–Crippen LogP) is 6.35. The fourth-order valence-corrected chi connectivity index (χ4v) is 5.55. The summed E-state index contributed by atoms with van der Waals surface area (Å²) in [6, 6.07) is 22.8. The van der Waals surface area contributed by atoms with Crippen LogP contribution in [0, 0.1) is 0 Å². The van der Waals surface area contributed by atoms with Crippen LogP contribution < -0.4 is 0 Å². The van der Waals surface area contributed by atoms with Crippen molar-refractivity contribution in [1.82, 2.24) is 14.4 Å². The minimum atomic E-state index is 0.0184. The number of allylic oxidation sites excluding steroid dienone is 1. The minimum Gasteiger partial charge on any atom is -0.306 e. The lowest BCUT2D eigenvalue weighted by atomic mass is 9.88.